The Bertz CT molecular complexity index is 186. The summed E-state index contributed by atoms with van der Waals surface area (Å²) in [4.78, 5) is 11.0. The van der Waals surface area contributed by atoms with Gasteiger partial charge in [0.15, 0.2) is 0 Å². The van der Waals surface area contributed by atoms with Crippen LogP contribution in [0.1, 0.15) is 26.2 Å². The number of carbonyl (C=O) groups is 1. The van der Waals surface area contributed by atoms with E-state index in [2.05, 4.69) is 6.92 Å². The smallest absolute Gasteiger partial charge is 0.224 e. The van der Waals surface area contributed by atoms with Crippen LogP contribution in [-0.4, -0.2) is 5.91 Å². The minimum atomic E-state index is -0.0532. The van der Waals surface area contributed by atoms with E-state index in [1.165, 1.54) is 12.8 Å². The molecule has 0 heterocycles. The highest BCUT2D eigenvalue weighted by Gasteiger charge is 2.63. The average molecular weight is 139 g/mol. The summed E-state index contributed by atoms with van der Waals surface area (Å²) < 4.78 is 0. The summed E-state index contributed by atoms with van der Waals surface area (Å²) in [6.07, 6.45) is 3.51. The highest BCUT2D eigenvalue weighted by molar-refractivity contribution is 5.85. The molecule has 0 aromatic heterocycles. The molecule has 0 spiro atoms. The van der Waals surface area contributed by atoms with Crippen molar-refractivity contribution in [3.8, 4) is 0 Å². The Balaban J connectivity index is 2.16. The van der Waals surface area contributed by atoms with Crippen LogP contribution in [0.2, 0.25) is 0 Å². The summed E-state index contributed by atoms with van der Waals surface area (Å²) in [5, 5.41) is 0. The second-order valence-electron chi connectivity index (χ2n) is 3.78. The molecule has 2 aliphatic carbocycles. The van der Waals surface area contributed by atoms with Gasteiger partial charge in [0.25, 0.3) is 0 Å². The number of rotatable bonds is 2. The molecule has 1 amide bonds. The fraction of sp³-hybridized carbons (Fsp3) is 0.875. The van der Waals surface area contributed by atoms with Crippen LogP contribution in [0.15, 0.2) is 0 Å². The molecule has 2 nitrogen and oxygen atoms in total. The van der Waals surface area contributed by atoms with Crippen molar-refractivity contribution in [2.45, 2.75) is 26.2 Å². The lowest BCUT2D eigenvalue weighted by atomic mass is 9.97. The maximum Gasteiger partial charge on any atom is 0.224 e. The molecule has 2 fully saturated rings. The molecule has 0 radical (unpaired) electrons. The van der Waals surface area contributed by atoms with Gasteiger partial charge in [0.05, 0.1) is 5.41 Å². The molecule has 2 rings (SSSR count). The third-order valence-corrected chi connectivity index (χ3v) is 3.13. The van der Waals surface area contributed by atoms with E-state index in [0.717, 1.165) is 6.42 Å². The molecular formula is C8H13NO. The largest absolute Gasteiger partial charge is 0.369 e. The lowest BCUT2D eigenvalue weighted by Gasteiger charge is -2.08. The zero-order chi connectivity index (χ0) is 7.35. The lowest BCUT2D eigenvalue weighted by Crippen LogP contribution is -2.28. The van der Waals surface area contributed by atoms with Crippen molar-refractivity contribution >= 4 is 5.91 Å². The molecule has 0 saturated heterocycles. The summed E-state index contributed by atoms with van der Waals surface area (Å²) in [7, 11) is 0. The van der Waals surface area contributed by atoms with Gasteiger partial charge in [-0.2, -0.15) is 0 Å². The summed E-state index contributed by atoms with van der Waals surface area (Å²) in [6, 6.07) is 0. The van der Waals surface area contributed by atoms with Crippen LogP contribution in [-0.2, 0) is 4.79 Å². The van der Waals surface area contributed by atoms with E-state index >= 15 is 0 Å². The Morgan fingerprint density at radius 2 is 2.10 bits per heavy atom. The molecule has 0 aliphatic heterocycles. The first-order valence-electron chi connectivity index (χ1n) is 3.98. The third-order valence-electron chi connectivity index (χ3n) is 3.13. The standard InChI is InChI=1S/C8H13NO/c1-5-4-8(5,7(9)10)6-2-3-6/h5-6H,2-4H2,1H3,(H2,9,10). The molecule has 0 aromatic carbocycles. The van der Waals surface area contributed by atoms with Gasteiger partial charge in [-0.25, -0.2) is 0 Å². The van der Waals surface area contributed by atoms with Crippen molar-refractivity contribution in [1.29, 1.82) is 0 Å². The molecule has 0 aromatic rings. The molecule has 2 aliphatic rings. The number of hydrogen-bond acceptors (Lipinski definition) is 1. The number of primary amides is 1. The molecular weight excluding hydrogens is 126 g/mol. The van der Waals surface area contributed by atoms with Crippen LogP contribution in [0, 0.1) is 17.3 Å². The van der Waals surface area contributed by atoms with Crippen LogP contribution in [0.5, 0.6) is 0 Å². The maximum atomic E-state index is 11.0. The van der Waals surface area contributed by atoms with Gasteiger partial charge in [-0.3, -0.25) is 4.79 Å². The van der Waals surface area contributed by atoms with Gasteiger partial charge < -0.3 is 5.73 Å². The summed E-state index contributed by atoms with van der Waals surface area (Å²) in [5.74, 6) is 1.17. The Labute approximate surface area is 60.8 Å². The third kappa shape index (κ3) is 0.568. The fourth-order valence-corrected chi connectivity index (χ4v) is 2.16. The lowest BCUT2D eigenvalue weighted by molar-refractivity contribution is -0.124. The number of amides is 1. The van der Waals surface area contributed by atoms with Crippen molar-refractivity contribution in [2.24, 2.45) is 23.0 Å². The first-order valence-corrected chi connectivity index (χ1v) is 3.98. The van der Waals surface area contributed by atoms with E-state index in [-0.39, 0.29) is 11.3 Å². The van der Waals surface area contributed by atoms with Crippen molar-refractivity contribution in [3.63, 3.8) is 0 Å². The first-order chi connectivity index (χ1) is 4.68. The predicted molar refractivity (Wildman–Crippen MR) is 38.1 cm³/mol. The Morgan fingerprint density at radius 1 is 1.60 bits per heavy atom. The van der Waals surface area contributed by atoms with Crippen LogP contribution in [0.4, 0.5) is 0 Å². The molecule has 2 saturated carbocycles. The SMILES string of the molecule is CC1CC1(C(N)=O)C1CC1. The molecule has 2 unspecified atom stereocenters. The molecule has 2 heteroatoms. The summed E-state index contributed by atoms with van der Waals surface area (Å²) >= 11 is 0. The van der Waals surface area contributed by atoms with Gasteiger partial charge >= 0.3 is 0 Å². The van der Waals surface area contributed by atoms with Crippen molar-refractivity contribution in [1.82, 2.24) is 0 Å². The van der Waals surface area contributed by atoms with E-state index in [9.17, 15) is 4.79 Å². The second-order valence-corrected chi connectivity index (χ2v) is 3.78. The van der Waals surface area contributed by atoms with Crippen molar-refractivity contribution in [2.75, 3.05) is 0 Å². The molecule has 2 N–H and O–H groups in total. The molecule has 56 valence electrons. The second kappa shape index (κ2) is 1.55. The predicted octanol–water partition coefficient (Wildman–Crippen LogP) is 0.908. The monoisotopic (exact) mass is 139 g/mol. The highest BCUT2D eigenvalue weighted by atomic mass is 16.1. The minimum Gasteiger partial charge on any atom is -0.369 e. The highest BCUT2D eigenvalue weighted by Crippen LogP contribution is 2.64. The fourth-order valence-electron chi connectivity index (χ4n) is 2.16. The Morgan fingerprint density at radius 3 is 2.20 bits per heavy atom. The Hall–Kier alpha value is -0.530. The van der Waals surface area contributed by atoms with Crippen LogP contribution >= 0.6 is 0 Å². The van der Waals surface area contributed by atoms with E-state index in [1.807, 2.05) is 0 Å². The van der Waals surface area contributed by atoms with Crippen LogP contribution < -0.4 is 5.73 Å². The van der Waals surface area contributed by atoms with Gasteiger partial charge in [0, 0.05) is 0 Å². The zero-order valence-electron chi connectivity index (χ0n) is 6.26. The van der Waals surface area contributed by atoms with E-state index in [0.29, 0.717) is 11.8 Å². The van der Waals surface area contributed by atoms with E-state index < -0.39 is 0 Å². The quantitative estimate of drug-likeness (QED) is 0.607. The van der Waals surface area contributed by atoms with Gasteiger partial charge in [-0.1, -0.05) is 6.92 Å². The number of nitrogens with two attached hydrogens (primary N) is 1. The van der Waals surface area contributed by atoms with Gasteiger partial charge in [-0.05, 0) is 31.1 Å². The first kappa shape index (κ1) is 6.20. The minimum absolute atomic E-state index is 0.0417. The van der Waals surface area contributed by atoms with Crippen LogP contribution in [0.25, 0.3) is 0 Å². The van der Waals surface area contributed by atoms with Crippen molar-refractivity contribution in [3.05, 3.63) is 0 Å². The van der Waals surface area contributed by atoms with Gasteiger partial charge in [0.2, 0.25) is 5.91 Å². The summed E-state index contributed by atoms with van der Waals surface area (Å²) in [6.45, 7) is 2.13. The normalized spacial score (nSPS) is 45.1. The zero-order valence-corrected chi connectivity index (χ0v) is 6.26. The van der Waals surface area contributed by atoms with E-state index in [1.54, 1.807) is 0 Å². The average Bonchev–Trinajstić information content (AvgIpc) is 2.55. The summed E-state index contributed by atoms with van der Waals surface area (Å²) in [5.41, 5.74) is 5.28. The van der Waals surface area contributed by atoms with E-state index in [4.69, 9.17) is 5.73 Å². The van der Waals surface area contributed by atoms with Gasteiger partial charge in [0.1, 0.15) is 0 Å². The number of hydrogen-bond donors (Lipinski definition) is 1. The van der Waals surface area contributed by atoms with Crippen LogP contribution in [0.3, 0.4) is 0 Å². The molecule has 10 heavy (non-hydrogen) atoms. The van der Waals surface area contributed by atoms with Gasteiger partial charge in [-0.15, -0.1) is 0 Å². The number of carbonyl (C=O) groups excluding carboxylic acids is 1. The maximum absolute atomic E-state index is 11.0. The van der Waals surface area contributed by atoms with Crippen molar-refractivity contribution < 1.29 is 4.79 Å². The molecule has 2 atom stereocenters. The molecule has 0 bridgehead atoms. The topological polar surface area (TPSA) is 43.1 Å². The Kier molecular flexibility index (Phi) is 0.960.